The zero-order valence-electron chi connectivity index (χ0n) is 15.2. The Bertz CT molecular complexity index is 1090. The lowest BCUT2D eigenvalue weighted by Gasteiger charge is -2.12. The summed E-state index contributed by atoms with van der Waals surface area (Å²) in [5, 5.41) is 2.59. The van der Waals surface area contributed by atoms with E-state index in [1.807, 2.05) is 0 Å². The third-order valence-corrected chi connectivity index (χ3v) is 5.00. The molecule has 0 aliphatic rings. The van der Waals surface area contributed by atoms with Gasteiger partial charge in [0.2, 0.25) is 5.69 Å². The highest BCUT2D eigenvalue weighted by Crippen LogP contribution is 2.34. The summed E-state index contributed by atoms with van der Waals surface area (Å²) < 4.78 is 4.52. The van der Waals surface area contributed by atoms with Gasteiger partial charge in [0.05, 0.1) is 5.69 Å². The molecule has 4 rings (SSSR count). The first-order chi connectivity index (χ1) is 12.1. The van der Waals surface area contributed by atoms with Crippen molar-refractivity contribution >= 4 is 10.8 Å². The molecule has 0 aliphatic heterocycles. The van der Waals surface area contributed by atoms with Crippen LogP contribution >= 0.6 is 0 Å². The summed E-state index contributed by atoms with van der Waals surface area (Å²) in [5.74, 6) is 0. The van der Waals surface area contributed by atoms with Crippen LogP contribution in [-0.2, 0) is 7.05 Å². The molecule has 0 aliphatic carbocycles. The molecule has 2 heteroatoms. The van der Waals surface area contributed by atoms with Gasteiger partial charge in [-0.2, -0.15) is 4.57 Å². The lowest BCUT2D eigenvalue weighted by molar-refractivity contribution is -0.603. The van der Waals surface area contributed by atoms with Gasteiger partial charge in [-0.05, 0) is 30.9 Å². The fourth-order valence-corrected chi connectivity index (χ4v) is 3.76. The van der Waals surface area contributed by atoms with Gasteiger partial charge in [0.15, 0.2) is 11.9 Å². The number of pyridine rings is 1. The molecule has 0 radical (unpaired) electrons. The summed E-state index contributed by atoms with van der Waals surface area (Å²) in [4.78, 5) is 0. The molecule has 2 heterocycles. The van der Waals surface area contributed by atoms with Crippen LogP contribution in [0.4, 0.5) is 0 Å². The molecular weight excluding hydrogens is 304 g/mol. The molecule has 2 nitrogen and oxygen atoms in total. The minimum atomic E-state index is 1.24. The van der Waals surface area contributed by atoms with E-state index in [-0.39, 0.29) is 0 Å². The number of hydrogen-bond acceptors (Lipinski definition) is 0. The second-order valence-electron chi connectivity index (χ2n) is 6.84. The molecule has 25 heavy (non-hydrogen) atoms. The molecule has 0 amide bonds. The van der Waals surface area contributed by atoms with Crippen molar-refractivity contribution in [3.63, 3.8) is 0 Å². The van der Waals surface area contributed by atoms with Gasteiger partial charge in [-0.15, -0.1) is 0 Å². The van der Waals surface area contributed by atoms with Crippen LogP contribution in [0, 0.1) is 20.8 Å². The first-order valence-corrected chi connectivity index (χ1v) is 8.69. The Kier molecular flexibility index (Phi) is 3.69. The van der Waals surface area contributed by atoms with Crippen molar-refractivity contribution in [3.8, 4) is 16.9 Å². The lowest BCUT2D eigenvalue weighted by atomic mass is 9.98. The summed E-state index contributed by atoms with van der Waals surface area (Å²) in [5.41, 5.74) is 7.65. The molecule has 2 aromatic carbocycles. The summed E-state index contributed by atoms with van der Waals surface area (Å²) in [6, 6.07) is 19.5. The smallest absolute Gasteiger partial charge is 0.214 e. The van der Waals surface area contributed by atoms with Crippen LogP contribution in [0.3, 0.4) is 0 Å². The molecule has 0 saturated carbocycles. The van der Waals surface area contributed by atoms with Crippen molar-refractivity contribution in [2.45, 2.75) is 20.8 Å². The molecule has 0 unspecified atom stereocenters. The van der Waals surface area contributed by atoms with Crippen molar-refractivity contribution in [2.24, 2.45) is 7.05 Å². The van der Waals surface area contributed by atoms with Crippen LogP contribution in [0.15, 0.2) is 67.0 Å². The predicted octanol–water partition coefficient (Wildman–Crippen LogP) is 5.05. The van der Waals surface area contributed by atoms with Gasteiger partial charge in [0.1, 0.15) is 0 Å². The van der Waals surface area contributed by atoms with Crippen molar-refractivity contribution in [2.75, 3.05) is 0 Å². The number of rotatable bonds is 2. The SMILES string of the molecule is Cc1cc(-c2c3ccccc3cn2C)c(C)c(-[n+]2ccccc2C)c1. The number of nitrogens with zero attached hydrogens (tertiary/aromatic N) is 2. The second-order valence-corrected chi connectivity index (χ2v) is 6.84. The van der Waals surface area contributed by atoms with E-state index in [0.717, 1.165) is 0 Å². The molecular formula is C23H23N2+. The largest absolute Gasteiger partial charge is 0.349 e. The van der Waals surface area contributed by atoms with Crippen molar-refractivity contribution in [1.82, 2.24) is 4.57 Å². The highest BCUT2D eigenvalue weighted by atomic mass is 15.0. The third-order valence-electron chi connectivity index (χ3n) is 5.00. The van der Waals surface area contributed by atoms with Crippen LogP contribution in [0.1, 0.15) is 16.8 Å². The van der Waals surface area contributed by atoms with E-state index in [1.165, 1.54) is 44.5 Å². The predicted molar refractivity (Wildman–Crippen MR) is 104 cm³/mol. The van der Waals surface area contributed by atoms with Crippen LogP contribution in [-0.4, -0.2) is 4.57 Å². The van der Waals surface area contributed by atoms with Crippen LogP contribution in [0.25, 0.3) is 27.7 Å². The van der Waals surface area contributed by atoms with Crippen LogP contribution in [0.2, 0.25) is 0 Å². The summed E-state index contributed by atoms with van der Waals surface area (Å²) in [6.07, 6.45) is 4.36. The first-order valence-electron chi connectivity index (χ1n) is 8.69. The highest BCUT2D eigenvalue weighted by molar-refractivity contribution is 5.97. The Balaban J connectivity index is 2.04. The van der Waals surface area contributed by atoms with Crippen LogP contribution in [0.5, 0.6) is 0 Å². The van der Waals surface area contributed by atoms with E-state index in [2.05, 4.69) is 104 Å². The molecule has 0 spiro atoms. The average molecular weight is 327 g/mol. The Morgan fingerprint density at radius 1 is 0.880 bits per heavy atom. The maximum atomic E-state index is 2.30. The number of fused-ring (bicyclic) bond motifs is 1. The van der Waals surface area contributed by atoms with E-state index in [1.54, 1.807) is 0 Å². The minimum Gasteiger partial charge on any atom is -0.349 e. The van der Waals surface area contributed by atoms with Crippen LogP contribution < -0.4 is 4.57 Å². The Hall–Kier alpha value is -2.87. The standard InChI is InChI=1S/C23H23N2/c1-16-13-21(23-20-11-6-5-10-19(20)15-24(23)4)18(3)22(14-16)25-12-8-7-9-17(25)2/h5-15H,1-4H3/q+1. The van der Waals surface area contributed by atoms with Crippen molar-refractivity contribution in [3.05, 3.63) is 83.8 Å². The molecule has 0 N–H and O–H groups in total. The minimum absolute atomic E-state index is 1.24. The topological polar surface area (TPSA) is 8.81 Å². The molecule has 0 atom stereocenters. The quantitative estimate of drug-likeness (QED) is 0.456. The van der Waals surface area contributed by atoms with E-state index in [9.17, 15) is 0 Å². The van der Waals surface area contributed by atoms with Gasteiger partial charge in [-0.3, -0.25) is 0 Å². The number of aromatic nitrogens is 2. The summed E-state index contributed by atoms with van der Waals surface area (Å²) in [7, 11) is 2.14. The Morgan fingerprint density at radius 3 is 2.44 bits per heavy atom. The third kappa shape index (κ3) is 2.54. The van der Waals surface area contributed by atoms with Gasteiger partial charge in [0, 0.05) is 54.9 Å². The van der Waals surface area contributed by atoms with Gasteiger partial charge in [-0.25, -0.2) is 0 Å². The zero-order valence-corrected chi connectivity index (χ0v) is 15.2. The monoisotopic (exact) mass is 327 g/mol. The fraction of sp³-hybridized carbons (Fsp3) is 0.174. The first kappa shape index (κ1) is 15.6. The number of hydrogen-bond donors (Lipinski definition) is 0. The van der Waals surface area contributed by atoms with E-state index < -0.39 is 0 Å². The fourth-order valence-electron chi connectivity index (χ4n) is 3.76. The number of aryl methyl sites for hydroxylation is 3. The second kappa shape index (κ2) is 5.89. The summed E-state index contributed by atoms with van der Waals surface area (Å²) >= 11 is 0. The van der Waals surface area contributed by atoms with Gasteiger partial charge in [0.25, 0.3) is 0 Å². The maximum absolute atomic E-state index is 2.30. The Labute approximate surface area is 149 Å². The molecule has 0 bridgehead atoms. The highest BCUT2D eigenvalue weighted by Gasteiger charge is 2.20. The normalized spacial score (nSPS) is 11.2. The van der Waals surface area contributed by atoms with Gasteiger partial charge >= 0.3 is 0 Å². The Morgan fingerprint density at radius 2 is 1.64 bits per heavy atom. The zero-order chi connectivity index (χ0) is 17.6. The molecule has 0 fully saturated rings. The molecule has 4 aromatic rings. The van der Waals surface area contributed by atoms with E-state index in [4.69, 9.17) is 0 Å². The van der Waals surface area contributed by atoms with Gasteiger partial charge < -0.3 is 4.57 Å². The summed E-state index contributed by atoms with van der Waals surface area (Å²) in [6.45, 7) is 6.56. The van der Waals surface area contributed by atoms with E-state index in [0.29, 0.717) is 0 Å². The molecule has 2 aromatic heterocycles. The van der Waals surface area contributed by atoms with E-state index >= 15 is 0 Å². The average Bonchev–Trinajstić information content (AvgIpc) is 2.93. The van der Waals surface area contributed by atoms with Crippen molar-refractivity contribution in [1.29, 1.82) is 0 Å². The maximum Gasteiger partial charge on any atom is 0.214 e. The molecule has 124 valence electrons. The lowest BCUT2D eigenvalue weighted by Crippen LogP contribution is -2.34. The number of benzene rings is 2. The van der Waals surface area contributed by atoms with Gasteiger partial charge in [-0.1, -0.05) is 30.3 Å². The van der Waals surface area contributed by atoms with Crippen molar-refractivity contribution < 1.29 is 4.57 Å². The molecule has 0 saturated heterocycles.